The number of nitrogens with one attached hydrogen (secondary N) is 1. The Morgan fingerprint density at radius 1 is 1.33 bits per heavy atom. The van der Waals surface area contributed by atoms with Gasteiger partial charge in [0.1, 0.15) is 0 Å². The van der Waals surface area contributed by atoms with E-state index in [1.165, 1.54) is 12.8 Å². The Bertz CT molecular complexity index is 231. The molecule has 1 aliphatic rings. The summed E-state index contributed by atoms with van der Waals surface area (Å²) >= 11 is 0. The Kier molecular flexibility index (Phi) is 6.61. The first kappa shape index (κ1) is 15.9. The van der Waals surface area contributed by atoms with Crippen LogP contribution in [0.1, 0.15) is 53.9 Å². The van der Waals surface area contributed by atoms with Crippen molar-refractivity contribution < 1.29 is 9.47 Å². The molecule has 1 aliphatic carbocycles. The largest absolute Gasteiger partial charge is 0.379 e. The summed E-state index contributed by atoms with van der Waals surface area (Å²) in [5.41, 5.74) is 0.405. The molecule has 18 heavy (non-hydrogen) atoms. The van der Waals surface area contributed by atoms with Crippen LogP contribution in [0.15, 0.2) is 0 Å². The Morgan fingerprint density at radius 2 is 2.06 bits per heavy atom. The zero-order chi connectivity index (χ0) is 13.6. The van der Waals surface area contributed by atoms with E-state index in [2.05, 4.69) is 33.0 Å². The van der Waals surface area contributed by atoms with E-state index in [9.17, 15) is 0 Å². The third kappa shape index (κ3) is 5.25. The first-order valence-electron chi connectivity index (χ1n) is 7.45. The van der Waals surface area contributed by atoms with E-state index in [1.807, 2.05) is 6.92 Å². The van der Waals surface area contributed by atoms with Crippen LogP contribution in [-0.4, -0.2) is 38.0 Å². The molecule has 108 valence electrons. The number of rotatable bonds is 7. The average molecular weight is 257 g/mol. The first-order chi connectivity index (χ1) is 8.48. The molecule has 0 aromatic rings. The van der Waals surface area contributed by atoms with Crippen LogP contribution < -0.4 is 5.32 Å². The molecular weight excluding hydrogens is 226 g/mol. The lowest BCUT2D eigenvalue weighted by Gasteiger charge is -2.41. The Morgan fingerprint density at radius 3 is 2.67 bits per heavy atom. The van der Waals surface area contributed by atoms with Crippen molar-refractivity contribution in [3.8, 4) is 0 Å². The summed E-state index contributed by atoms with van der Waals surface area (Å²) in [6.07, 6.45) is 4.15. The van der Waals surface area contributed by atoms with E-state index < -0.39 is 0 Å². The van der Waals surface area contributed by atoms with Gasteiger partial charge in [0.15, 0.2) is 0 Å². The summed E-state index contributed by atoms with van der Waals surface area (Å²) < 4.78 is 11.6. The SMILES string of the molecule is CCNC1CCC(C)(C)CC1OC(C)COCC. The van der Waals surface area contributed by atoms with Gasteiger partial charge in [-0.25, -0.2) is 0 Å². The van der Waals surface area contributed by atoms with Crippen molar-refractivity contribution in [2.45, 2.75) is 72.1 Å². The molecule has 1 saturated carbocycles. The van der Waals surface area contributed by atoms with E-state index in [0.717, 1.165) is 19.6 Å². The Hall–Kier alpha value is -0.120. The summed E-state index contributed by atoms with van der Waals surface area (Å²) in [5.74, 6) is 0. The van der Waals surface area contributed by atoms with Crippen LogP contribution in [-0.2, 0) is 9.47 Å². The highest BCUT2D eigenvalue weighted by molar-refractivity contribution is 4.90. The topological polar surface area (TPSA) is 30.5 Å². The van der Waals surface area contributed by atoms with E-state index in [1.54, 1.807) is 0 Å². The van der Waals surface area contributed by atoms with Gasteiger partial charge in [0.05, 0.1) is 18.8 Å². The molecule has 3 unspecified atom stereocenters. The van der Waals surface area contributed by atoms with Gasteiger partial charge in [0, 0.05) is 12.6 Å². The highest BCUT2D eigenvalue weighted by Crippen LogP contribution is 2.37. The van der Waals surface area contributed by atoms with Crippen LogP contribution in [0.25, 0.3) is 0 Å². The van der Waals surface area contributed by atoms with Gasteiger partial charge in [-0.15, -0.1) is 0 Å². The minimum Gasteiger partial charge on any atom is -0.379 e. The molecule has 0 saturated heterocycles. The van der Waals surface area contributed by atoms with Gasteiger partial charge in [-0.05, 0) is 45.1 Å². The van der Waals surface area contributed by atoms with Gasteiger partial charge in [-0.1, -0.05) is 20.8 Å². The minimum atomic E-state index is 0.185. The molecule has 0 radical (unpaired) electrons. The van der Waals surface area contributed by atoms with Crippen molar-refractivity contribution in [2.75, 3.05) is 19.8 Å². The smallest absolute Gasteiger partial charge is 0.0785 e. The predicted octanol–water partition coefficient (Wildman–Crippen LogP) is 2.98. The van der Waals surface area contributed by atoms with Gasteiger partial charge >= 0.3 is 0 Å². The first-order valence-corrected chi connectivity index (χ1v) is 7.45. The third-order valence-electron chi connectivity index (χ3n) is 3.76. The maximum atomic E-state index is 6.21. The van der Waals surface area contributed by atoms with Crippen LogP contribution in [0.2, 0.25) is 0 Å². The minimum absolute atomic E-state index is 0.185. The zero-order valence-corrected chi connectivity index (χ0v) is 12.8. The van der Waals surface area contributed by atoms with E-state index >= 15 is 0 Å². The molecule has 3 atom stereocenters. The normalized spacial score (nSPS) is 29.2. The molecule has 1 N–H and O–H groups in total. The molecule has 0 heterocycles. The summed E-state index contributed by atoms with van der Waals surface area (Å²) in [6, 6.07) is 0.507. The molecule has 3 nitrogen and oxygen atoms in total. The molecule has 0 aromatic carbocycles. The van der Waals surface area contributed by atoms with Crippen molar-refractivity contribution in [1.82, 2.24) is 5.32 Å². The molecule has 0 amide bonds. The molecule has 0 spiro atoms. The van der Waals surface area contributed by atoms with Gasteiger partial charge < -0.3 is 14.8 Å². The summed E-state index contributed by atoms with van der Waals surface area (Å²) in [7, 11) is 0. The number of ether oxygens (including phenoxy) is 2. The van der Waals surface area contributed by atoms with Crippen LogP contribution in [0.3, 0.4) is 0 Å². The third-order valence-corrected chi connectivity index (χ3v) is 3.76. The zero-order valence-electron chi connectivity index (χ0n) is 12.8. The van der Waals surface area contributed by atoms with Crippen LogP contribution in [0.5, 0.6) is 0 Å². The summed E-state index contributed by atoms with van der Waals surface area (Å²) in [5, 5.41) is 3.57. The fourth-order valence-corrected chi connectivity index (χ4v) is 2.78. The monoisotopic (exact) mass is 257 g/mol. The lowest BCUT2D eigenvalue weighted by atomic mass is 9.74. The second-order valence-electron chi connectivity index (χ2n) is 6.22. The summed E-state index contributed by atoms with van der Waals surface area (Å²) in [6.45, 7) is 13.5. The lowest BCUT2D eigenvalue weighted by molar-refractivity contribution is -0.0882. The van der Waals surface area contributed by atoms with Crippen LogP contribution >= 0.6 is 0 Å². The molecule has 0 bridgehead atoms. The Balaban J connectivity index is 2.50. The molecular formula is C15H31NO2. The molecule has 1 rings (SSSR count). The van der Waals surface area contributed by atoms with Crippen molar-refractivity contribution in [1.29, 1.82) is 0 Å². The molecule has 3 heteroatoms. The van der Waals surface area contributed by atoms with Crippen LogP contribution in [0.4, 0.5) is 0 Å². The van der Waals surface area contributed by atoms with Crippen molar-refractivity contribution in [3.63, 3.8) is 0 Å². The average Bonchev–Trinajstić information content (AvgIpc) is 2.29. The standard InChI is InChI=1S/C15H31NO2/c1-6-16-13-8-9-15(4,5)10-14(13)18-12(3)11-17-7-2/h12-14,16H,6-11H2,1-5H3. The number of likely N-dealkylation sites (N-methyl/N-ethyl adjacent to an activating group) is 1. The van der Waals surface area contributed by atoms with Gasteiger partial charge in [-0.2, -0.15) is 0 Å². The number of hydrogen-bond acceptors (Lipinski definition) is 3. The second kappa shape index (κ2) is 7.46. The Labute approximate surface area is 113 Å². The van der Waals surface area contributed by atoms with Crippen molar-refractivity contribution in [2.24, 2.45) is 5.41 Å². The van der Waals surface area contributed by atoms with E-state index in [4.69, 9.17) is 9.47 Å². The highest BCUT2D eigenvalue weighted by Gasteiger charge is 2.35. The quantitative estimate of drug-likeness (QED) is 0.760. The second-order valence-corrected chi connectivity index (χ2v) is 6.22. The molecule has 0 aromatic heterocycles. The fourth-order valence-electron chi connectivity index (χ4n) is 2.78. The molecule has 1 fully saturated rings. The van der Waals surface area contributed by atoms with Crippen molar-refractivity contribution in [3.05, 3.63) is 0 Å². The maximum Gasteiger partial charge on any atom is 0.0785 e. The van der Waals surface area contributed by atoms with Gasteiger partial charge in [-0.3, -0.25) is 0 Å². The van der Waals surface area contributed by atoms with E-state index in [-0.39, 0.29) is 6.10 Å². The highest BCUT2D eigenvalue weighted by atomic mass is 16.5. The number of hydrogen-bond donors (Lipinski definition) is 1. The van der Waals surface area contributed by atoms with E-state index in [0.29, 0.717) is 24.2 Å². The van der Waals surface area contributed by atoms with Gasteiger partial charge in [0.25, 0.3) is 0 Å². The molecule has 0 aliphatic heterocycles. The van der Waals surface area contributed by atoms with Gasteiger partial charge in [0.2, 0.25) is 0 Å². The lowest BCUT2D eigenvalue weighted by Crippen LogP contribution is -2.49. The van der Waals surface area contributed by atoms with Crippen LogP contribution in [0, 0.1) is 5.41 Å². The fraction of sp³-hybridized carbons (Fsp3) is 1.00. The maximum absolute atomic E-state index is 6.21. The summed E-state index contributed by atoms with van der Waals surface area (Å²) in [4.78, 5) is 0. The predicted molar refractivity (Wildman–Crippen MR) is 75.9 cm³/mol. The van der Waals surface area contributed by atoms with Crippen molar-refractivity contribution >= 4 is 0 Å².